The lowest BCUT2D eigenvalue weighted by Crippen LogP contribution is -2.60. The molecule has 13 heteroatoms. The highest BCUT2D eigenvalue weighted by Gasteiger charge is 2.46. The van der Waals surface area contributed by atoms with E-state index in [0.717, 1.165) is 51.4 Å². The van der Waals surface area contributed by atoms with Crippen molar-refractivity contribution >= 4 is 22.1 Å². The fraction of sp³-hybridized carbons (Fsp3) is 0.880. The molecule has 0 aliphatic carbocycles. The van der Waals surface area contributed by atoms with Gasteiger partial charge in [-0.15, -0.1) is 0 Å². The lowest BCUT2D eigenvalue weighted by molar-refractivity contribution is -0.297. The summed E-state index contributed by atoms with van der Waals surface area (Å²) in [6, 6.07) is 0. The Bertz CT molecular complexity index is 1260. The molecule has 1 aliphatic rings. The molecule has 1 aliphatic heterocycles. The molecule has 0 spiro atoms. The summed E-state index contributed by atoms with van der Waals surface area (Å²) in [5.41, 5.74) is 0. The van der Waals surface area contributed by atoms with Crippen molar-refractivity contribution in [3.63, 3.8) is 0 Å². The second-order valence-electron chi connectivity index (χ2n) is 17.8. The first-order valence-corrected chi connectivity index (χ1v) is 27.0. The number of carbonyl (C=O) groups excluding carboxylic acids is 2. The Labute approximate surface area is 383 Å². The summed E-state index contributed by atoms with van der Waals surface area (Å²) in [6.45, 7) is 3.77. The van der Waals surface area contributed by atoms with E-state index in [9.17, 15) is 37.9 Å². The molecular formula is C50H92O12S. The number of aliphatic hydroxyl groups excluding tert-OH is 3. The van der Waals surface area contributed by atoms with Gasteiger partial charge in [0.25, 0.3) is 10.1 Å². The van der Waals surface area contributed by atoms with Gasteiger partial charge in [0.15, 0.2) is 12.4 Å². The molecule has 0 aromatic heterocycles. The Morgan fingerprint density at radius 1 is 0.540 bits per heavy atom. The highest BCUT2D eigenvalue weighted by Crippen LogP contribution is 2.24. The van der Waals surface area contributed by atoms with Crippen LogP contribution in [0.2, 0.25) is 0 Å². The smallest absolute Gasteiger partial charge is 0.306 e. The normalized spacial score (nSPS) is 19.9. The van der Waals surface area contributed by atoms with Crippen LogP contribution in [0.5, 0.6) is 0 Å². The summed E-state index contributed by atoms with van der Waals surface area (Å²) in [5.74, 6) is -1.98. The molecule has 0 aromatic carbocycles. The maximum atomic E-state index is 12.9. The van der Waals surface area contributed by atoms with Gasteiger partial charge >= 0.3 is 11.9 Å². The Balaban J connectivity index is 2.37. The molecule has 0 amide bonds. The predicted molar refractivity (Wildman–Crippen MR) is 252 cm³/mol. The lowest BCUT2D eigenvalue weighted by Gasteiger charge is -2.40. The van der Waals surface area contributed by atoms with E-state index >= 15 is 0 Å². The first kappa shape index (κ1) is 59.1. The molecule has 0 radical (unpaired) electrons. The molecular weight excluding hydrogens is 825 g/mol. The van der Waals surface area contributed by atoms with E-state index in [1.165, 1.54) is 135 Å². The van der Waals surface area contributed by atoms with Gasteiger partial charge in [0, 0.05) is 12.8 Å². The molecule has 6 atom stereocenters. The van der Waals surface area contributed by atoms with Crippen molar-refractivity contribution in [2.24, 2.45) is 0 Å². The lowest BCUT2D eigenvalue weighted by atomic mass is 10.00. The van der Waals surface area contributed by atoms with Crippen molar-refractivity contribution in [2.45, 2.75) is 263 Å². The van der Waals surface area contributed by atoms with Crippen LogP contribution in [0.4, 0.5) is 0 Å². The third kappa shape index (κ3) is 35.1. The fourth-order valence-electron chi connectivity index (χ4n) is 7.83. The molecule has 1 saturated heterocycles. The van der Waals surface area contributed by atoms with Gasteiger partial charge in [-0.25, -0.2) is 0 Å². The minimum atomic E-state index is -4.60. The number of hydrogen-bond donors (Lipinski definition) is 4. The number of unbranched alkanes of at least 4 members (excludes halogenated alkanes) is 27. The first-order chi connectivity index (χ1) is 30.5. The van der Waals surface area contributed by atoms with Crippen molar-refractivity contribution < 1.29 is 56.8 Å². The van der Waals surface area contributed by atoms with Crippen LogP contribution in [-0.4, -0.2) is 96.0 Å². The Hall–Kier alpha value is -1.87. The number of esters is 2. The van der Waals surface area contributed by atoms with E-state index in [4.69, 9.17) is 18.9 Å². The van der Waals surface area contributed by atoms with Crippen LogP contribution < -0.4 is 0 Å². The maximum absolute atomic E-state index is 12.9. The van der Waals surface area contributed by atoms with E-state index in [-0.39, 0.29) is 19.4 Å². The number of rotatable bonds is 43. The van der Waals surface area contributed by atoms with Crippen LogP contribution in [0.25, 0.3) is 0 Å². The third-order valence-corrected chi connectivity index (χ3v) is 12.5. The number of carbonyl (C=O) groups is 2. The van der Waals surface area contributed by atoms with Gasteiger partial charge in [-0.05, 0) is 44.9 Å². The third-order valence-electron chi connectivity index (χ3n) is 11.8. The SMILES string of the molecule is CCCCCCC/C=C\C/C=C\CCCCCCCCCCCC(=O)OC(COC(=O)CCCCCCCCCCCCCCCC)COC1OC(CS(=O)(=O)O)C(O)C(O)C1O. The molecule has 0 saturated carbocycles. The van der Waals surface area contributed by atoms with Crippen LogP contribution in [0.15, 0.2) is 24.3 Å². The molecule has 12 nitrogen and oxygen atoms in total. The average molecular weight is 917 g/mol. The minimum Gasteiger partial charge on any atom is -0.462 e. The Morgan fingerprint density at radius 2 is 0.952 bits per heavy atom. The predicted octanol–water partition coefficient (Wildman–Crippen LogP) is 11.2. The Kier molecular flexibility index (Phi) is 37.9. The summed E-state index contributed by atoms with van der Waals surface area (Å²) < 4.78 is 54.2. The molecule has 1 rings (SSSR count). The number of aliphatic hydroxyl groups is 3. The van der Waals surface area contributed by atoms with Crippen LogP contribution in [0.3, 0.4) is 0 Å². The summed E-state index contributed by atoms with van der Waals surface area (Å²) in [5, 5.41) is 30.9. The van der Waals surface area contributed by atoms with Gasteiger partial charge in [0.05, 0.1) is 6.61 Å². The zero-order valence-electron chi connectivity index (χ0n) is 39.7. The maximum Gasteiger partial charge on any atom is 0.306 e. The monoisotopic (exact) mass is 917 g/mol. The molecule has 63 heavy (non-hydrogen) atoms. The number of hydrogen-bond acceptors (Lipinski definition) is 11. The average Bonchev–Trinajstić information content (AvgIpc) is 3.25. The molecule has 0 bridgehead atoms. The summed E-state index contributed by atoms with van der Waals surface area (Å²) in [7, 11) is -4.60. The molecule has 0 aromatic rings. The molecule has 6 unspecified atom stereocenters. The van der Waals surface area contributed by atoms with Crippen LogP contribution in [-0.2, 0) is 38.7 Å². The van der Waals surface area contributed by atoms with Crippen LogP contribution in [0.1, 0.15) is 226 Å². The number of allylic oxidation sites excluding steroid dienone is 4. The summed E-state index contributed by atoms with van der Waals surface area (Å²) in [6.07, 6.45) is 36.4. The second kappa shape index (κ2) is 40.4. The van der Waals surface area contributed by atoms with Gasteiger partial charge in [-0.2, -0.15) is 8.42 Å². The highest BCUT2D eigenvalue weighted by molar-refractivity contribution is 7.85. The van der Waals surface area contributed by atoms with Crippen molar-refractivity contribution in [2.75, 3.05) is 19.0 Å². The summed E-state index contributed by atoms with van der Waals surface area (Å²) >= 11 is 0. The van der Waals surface area contributed by atoms with Gasteiger partial charge in [-0.1, -0.05) is 192 Å². The van der Waals surface area contributed by atoms with E-state index in [2.05, 4.69) is 38.2 Å². The van der Waals surface area contributed by atoms with Gasteiger partial charge in [-0.3, -0.25) is 14.1 Å². The van der Waals surface area contributed by atoms with E-state index in [0.29, 0.717) is 12.8 Å². The largest absolute Gasteiger partial charge is 0.462 e. The minimum absolute atomic E-state index is 0.162. The van der Waals surface area contributed by atoms with Crippen LogP contribution in [0, 0.1) is 0 Å². The quantitative estimate of drug-likeness (QED) is 0.0197. The zero-order valence-corrected chi connectivity index (χ0v) is 40.5. The number of ether oxygens (including phenoxy) is 4. The molecule has 1 heterocycles. The summed E-state index contributed by atoms with van der Waals surface area (Å²) in [4.78, 5) is 25.5. The highest BCUT2D eigenvalue weighted by atomic mass is 32.2. The standard InChI is InChI=1S/C50H92O12S/c1-3-5-7-9-11-13-15-17-19-20-21-22-23-24-25-27-29-31-33-35-37-39-46(52)61-43(41-60-50-49(55)48(54)47(53)44(62-50)42-63(56,57)58)40-59-45(51)38-36-34-32-30-28-26-18-16-14-12-10-8-6-4-2/h15,17,20-21,43-44,47-50,53-55H,3-14,16,18-19,22-42H2,1-2H3,(H,56,57,58)/b17-15-,21-20-. The molecule has 1 fully saturated rings. The van der Waals surface area contributed by atoms with Crippen molar-refractivity contribution in [3.8, 4) is 0 Å². The molecule has 4 N–H and O–H groups in total. The topological polar surface area (TPSA) is 186 Å². The van der Waals surface area contributed by atoms with Gasteiger partial charge in [0.1, 0.15) is 36.8 Å². The zero-order chi connectivity index (χ0) is 46.2. The first-order valence-electron chi connectivity index (χ1n) is 25.4. The van der Waals surface area contributed by atoms with E-state index in [1.54, 1.807) is 0 Å². The van der Waals surface area contributed by atoms with Gasteiger partial charge < -0.3 is 34.3 Å². The molecule has 370 valence electrons. The van der Waals surface area contributed by atoms with Crippen molar-refractivity contribution in [3.05, 3.63) is 24.3 Å². The Morgan fingerprint density at radius 3 is 1.40 bits per heavy atom. The van der Waals surface area contributed by atoms with Crippen molar-refractivity contribution in [1.29, 1.82) is 0 Å². The van der Waals surface area contributed by atoms with E-state index < -0.39 is 71.2 Å². The van der Waals surface area contributed by atoms with E-state index in [1.807, 2.05) is 0 Å². The fourth-order valence-corrected chi connectivity index (χ4v) is 8.52. The van der Waals surface area contributed by atoms with Gasteiger partial charge in [0.2, 0.25) is 0 Å². The second-order valence-corrected chi connectivity index (χ2v) is 19.3. The van der Waals surface area contributed by atoms with Crippen LogP contribution >= 0.6 is 0 Å². The van der Waals surface area contributed by atoms with Crippen molar-refractivity contribution in [1.82, 2.24) is 0 Å².